The van der Waals surface area contributed by atoms with Gasteiger partial charge in [0.25, 0.3) is 11.5 Å². The topological polar surface area (TPSA) is 130 Å². The van der Waals surface area contributed by atoms with Crippen molar-refractivity contribution in [2.45, 2.75) is 32.0 Å². The van der Waals surface area contributed by atoms with E-state index < -0.39 is 0 Å². The number of pyridine rings is 1. The molecule has 1 atom stereocenters. The van der Waals surface area contributed by atoms with Crippen LogP contribution in [0.5, 0.6) is 0 Å². The Morgan fingerprint density at radius 2 is 2.08 bits per heavy atom. The third-order valence-corrected chi connectivity index (χ3v) is 7.22. The van der Waals surface area contributed by atoms with Gasteiger partial charge in [-0.05, 0) is 36.6 Å². The second-order valence-electron chi connectivity index (χ2n) is 8.75. The van der Waals surface area contributed by atoms with Crippen molar-refractivity contribution in [2.75, 3.05) is 18.0 Å². The number of hydrogen-bond acceptors (Lipinski definition) is 8. The maximum Gasteiger partial charge on any atom is 0.273 e. The van der Waals surface area contributed by atoms with Crippen molar-refractivity contribution in [3.63, 3.8) is 0 Å². The third kappa shape index (κ3) is 4.71. The van der Waals surface area contributed by atoms with Gasteiger partial charge in [0.05, 0.1) is 36.0 Å². The minimum atomic E-state index is -0.312. The van der Waals surface area contributed by atoms with Gasteiger partial charge in [-0.25, -0.2) is 4.98 Å². The van der Waals surface area contributed by atoms with Gasteiger partial charge in [0.1, 0.15) is 10.2 Å². The fraction of sp³-hybridized carbons (Fsp3) is 0.269. The number of carbonyl (C=O) groups excluding carboxylic acids is 1. The molecule has 0 spiro atoms. The smallest absolute Gasteiger partial charge is 0.273 e. The summed E-state index contributed by atoms with van der Waals surface area (Å²) < 4.78 is 2.00. The van der Waals surface area contributed by atoms with Gasteiger partial charge in [0.2, 0.25) is 5.95 Å². The highest BCUT2D eigenvalue weighted by molar-refractivity contribution is 7.17. The van der Waals surface area contributed by atoms with Gasteiger partial charge in [0, 0.05) is 30.7 Å². The molecule has 1 fully saturated rings. The van der Waals surface area contributed by atoms with Crippen LogP contribution in [0.4, 0.5) is 5.95 Å². The van der Waals surface area contributed by atoms with E-state index >= 15 is 0 Å². The van der Waals surface area contributed by atoms with E-state index in [1.165, 1.54) is 11.3 Å². The first-order valence-electron chi connectivity index (χ1n) is 11.7. The number of nitriles is 1. The Labute approximate surface area is 211 Å². The number of nitrogens with two attached hydrogens (primary N) is 1. The van der Waals surface area contributed by atoms with Crippen LogP contribution in [-0.4, -0.2) is 39.6 Å². The number of anilines is 1. The standard InChI is InChI=1S/C26H25N7O2S/c27-12-17-6-1-2-7-18(17)14-33-25(35)23-22(31-26(33)32-11-5-8-19(28)15-32)21(16-36-23)24(34)30-13-20-9-3-4-10-29-20/h1-4,6-7,9-10,16,19H,5,8,11,13-15,28H2,(H,30,34). The number of nitrogens with zero attached hydrogens (tertiary/aromatic N) is 5. The SMILES string of the molecule is N#Cc1ccccc1Cn1c(N2CCCC(N)C2)nc2c(C(=O)NCc3ccccn3)csc2c1=O. The Morgan fingerprint density at radius 1 is 1.25 bits per heavy atom. The van der Waals surface area contributed by atoms with Crippen LogP contribution < -0.4 is 21.5 Å². The average Bonchev–Trinajstić information content (AvgIpc) is 3.34. The van der Waals surface area contributed by atoms with Gasteiger partial charge in [-0.15, -0.1) is 11.3 Å². The first-order valence-corrected chi connectivity index (χ1v) is 12.6. The zero-order valence-corrected chi connectivity index (χ0v) is 20.4. The summed E-state index contributed by atoms with van der Waals surface area (Å²) in [5.41, 5.74) is 8.71. The summed E-state index contributed by atoms with van der Waals surface area (Å²) >= 11 is 1.20. The third-order valence-electron chi connectivity index (χ3n) is 6.27. The van der Waals surface area contributed by atoms with Crippen LogP contribution in [0.25, 0.3) is 10.2 Å². The van der Waals surface area contributed by atoms with E-state index in [9.17, 15) is 14.9 Å². The van der Waals surface area contributed by atoms with E-state index in [4.69, 9.17) is 10.7 Å². The van der Waals surface area contributed by atoms with Gasteiger partial charge >= 0.3 is 0 Å². The Morgan fingerprint density at radius 3 is 2.86 bits per heavy atom. The van der Waals surface area contributed by atoms with Gasteiger partial charge in [-0.1, -0.05) is 24.3 Å². The molecule has 9 nitrogen and oxygen atoms in total. The Bertz CT molecular complexity index is 1510. The van der Waals surface area contributed by atoms with E-state index in [0.29, 0.717) is 40.4 Å². The van der Waals surface area contributed by atoms with Gasteiger partial charge in [-0.2, -0.15) is 5.26 Å². The fourth-order valence-corrected chi connectivity index (χ4v) is 5.36. The van der Waals surface area contributed by atoms with Gasteiger partial charge in [-0.3, -0.25) is 19.1 Å². The molecular formula is C26H25N7O2S. The van der Waals surface area contributed by atoms with Gasteiger partial charge in [0.15, 0.2) is 0 Å². The fourth-order valence-electron chi connectivity index (χ4n) is 4.43. The molecule has 5 rings (SSSR count). The van der Waals surface area contributed by atoms with Crippen molar-refractivity contribution >= 4 is 33.4 Å². The number of carbonyl (C=O) groups is 1. The zero-order chi connectivity index (χ0) is 25.1. The molecule has 1 unspecified atom stereocenters. The van der Waals surface area contributed by atoms with Crippen molar-refractivity contribution < 1.29 is 4.79 Å². The summed E-state index contributed by atoms with van der Waals surface area (Å²) in [5, 5.41) is 14.1. The molecule has 1 aromatic carbocycles. The maximum absolute atomic E-state index is 13.7. The number of benzene rings is 1. The lowest BCUT2D eigenvalue weighted by atomic mass is 10.1. The summed E-state index contributed by atoms with van der Waals surface area (Å²) in [5.74, 6) is 0.153. The van der Waals surface area contributed by atoms with E-state index in [0.717, 1.165) is 24.1 Å². The summed E-state index contributed by atoms with van der Waals surface area (Å²) in [6.45, 7) is 1.73. The van der Waals surface area contributed by atoms with Crippen LogP contribution in [0.3, 0.4) is 0 Å². The van der Waals surface area contributed by atoms with Crippen molar-refractivity contribution in [2.24, 2.45) is 5.73 Å². The van der Waals surface area contributed by atoms with Crippen molar-refractivity contribution in [3.05, 3.63) is 86.8 Å². The highest BCUT2D eigenvalue weighted by Gasteiger charge is 2.25. The van der Waals surface area contributed by atoms with Crippen LogP contribution in [0.2, 0.25) is 0 Å². The second-order valence-corrected chi connectivity index (χ2v) is 9.63. The minimum Gasteiger partial charge on any atom is -0.346 e. The first-order chi connectivity index (χ1) is 17.5. The molecule has 1 aliphatic heterocycles. The van der Waals surface area contributed by atoms with Crippen molar-refractivity contribution in [3.8, 4) is 6.07 Å². The summed E-state index contributed by atoms with van der Waals surface area (Å²) in [4.78, 5) is 37.9. The molecule has 10 heteroatoms. The lowest BCUT2D eigenvalue weighted by Crippen LogP contribution is -2.45. The quantitative estimate of drug-likeness (QED) is 0.417. The number of rotatable bonds is 6. The largest absolute Gasteiger partial charge is 0.346 e. The zero-order valence-electron chi connectivity index (χ0n) is 19.6. The van der Waals surface area contributed by atoms with Crippen LogP contribution in [0, 0.1) is 11.3 Å². The molecule has 0 bridgehead atoms. The van der Waals surface area contributed by atoms with Crippen molar-refractivity contribution in [1.82, 2.24) is 19.9 Å². The Balaban J connectivity index is 1.57. The summed E-state index contributed by atoms with van der Waals surface area (Å²) in [7, 11) is 0. The molecule has 36 heavy (non-hydrogen) atoms. The molecular weight excluding hydrogens is 474 g/mol. The molecule has 0 aliphatic carbocycles. The van der Waals surface area contributed by atoms with Crippen LogP contribution in [-0.2, 0) is 13.1 Å². The molecule has 4 aromatic rings. The number of piperidine rings is 1. The lowest BCUT2D eigenvalue weighted by molar-refractivity contribution is 0.0952. The monoisotopic (exact) mass is 499 g/mol. The summed E-state index contributed by atoms with van der Waals surface area (Å²) in [6.07, 6.45) is 3.45. The van der Waals surface area contributed by atoms with E-state index in [-0.39, 0.29) is 30.6 Å². The van der Waals surface area contributed by atoms with Crippen LogP contribution >= 0.6 is 11.3 Å². The Kier molecular flexibility index (Phi) is 6.75. The summed E-state index contributed by atoms with van der Waals surface area (Å²) in [6, 6.07) is 14.9. The van der Waals surface area contributed by atoms with Crippen LogP contribution in [0.15, 0.2) is 58.8 Å². The van der Waals surface area contributed by atoms with Crippen molar-refractivity contribution in [1.29, 1.82) is 5.26 Å². The molecule has 3 N–H and O–H groups in total. The first kappa shape index (κ1) is 23.7. The molecule has 0 radical (unpaired) electrons. The number of hydrogen-bond donors (Lipinski definition) is 2. The maximum atomic E-state index is 13.7. The van der Waals surface area contributed by atoms with E-state index in [1.807, 2.05) is 35.2 Å². The van der Waals surface area contributed by atoms with E-state index in [1.54, 1.807) is 28.3 Å². The molecule has 1 aliphatic rings. The second kappa shape index (κ2) is 10.3. The molecule has 1 saturated heterocycles. The predicted molar refractivity (Wildman–Crippen MR) is 139 cm³/mol. The number of fused-ring (bicyclic) bond motifs is 1. The molecule has 182 valence electrons. The average molecular weight is 500 g/mol. The molecule has 1 amide bonds. The van der Waals surface area contributed by atoms with Crippen LogP contribution in [0.1, 0.15) is 40.0 Å². The number of aromatic nitrogens is 3. The molecule has 4 heterocycles. The predicted octanol–water partition coefficient (Wildman–Crippen LogP) is 2.63. The number of thiophene rings is 1. The minimum absolute atomic E-state index is 0.0326. The Hall–Kier alpha value is -4.07. The normalized spacial score (nSPS) is 15.6. The lowest BCUT2D eigenvalue weighted by Gasteiger charge is -2.33. The van der Waals surface area contributed by atoms with E-state index in [2.05, 4.69) is 16.4 Å². The number of amides is 1. The highest BCUT2D eigenvalue weighted by atomic mass is 32.1. The van der Waals surface area contributed by atoms with Gasteiger partial charge < -0.3 is 16.0 Å². The number of nitrogens with one attached hydrogen (secondary N) is 1. The highest BCUT2D eigenvalue weighted by Crippen LogP contribution is 2.26. The molecule has 0 saturated carbocycles. The molecule has 3 aromatic heterocycles.